The number of aliphatic carboxylic acids is 1. The quantitative estimate of drug-likeness (QED) is 0.611. The fraction of sp³-hybridized carbons (Fsp3) is 0.800. The Kier molecular flexibility index (Phi) is 3.87. The Morgan fingerprint density at radius 2 is 2.20 bits per heavy atom. The molecule has 0 rings (SSSR count). The van der Waals surface area contributed by atoms with Gasteiger partial charge in [0.05, 0.1) is 12.6 Å². The van der Waals surface area contributed by atoms with Crippen LogP contribution in [0.3, 0.4) is 0 Å². The molecule has 3 nitrogen and oxygen atoms in total. The molecule has 0 spiro atoms. The van der Waals surface area contributed by atoms with Gasteiger partial charge in [-0.05, 0) is 6.92 Å². The van der Waals surface area contributed by atoms with Crippen molar-refractivity contribution in [1.82, 2.24) is 5.32 Å². The van der Waals surface area contributed by atoms with Crippen LogP contribution in [-0.2, 0) is 4.79 Å². The van der Waals surface area contributed by atoms with E-state index in [-0.39, 0.29) is 0 Å². The van der Waals surface area contributed by atoms with Crippen LogP contribution >= 0.6 is 0 Å². The van der Waals surface area contributed by atoms with Gasteiger partial charge in [0.15, 0.2) is 0 Å². The highest BCUT2D eigenvalue weighted by Gasteiger charge is 2.13. The van der Waals surface area contributed by atoms with E-state index in [0.717, 1.165) is 0 Å². The van der Waals surface area contributed by atoms with E-state index in [0.29, 0.717) is 0 Å². The van der Waals surface area contributed by atoms with Crippen molar-refractivity contribution >= 4 is 5.97 Å². The largest absolute Gasteiger partial charge is 0.480 e. The van der Waals surface area contributed by atoms with Gasteiger partial charge in [0.1, 0.15) is 0 Å². The molecule has 5 heteroatoms. The topological polar surface area (TPSA) is 49.3 Å². The molecule has 0 aliphatic rings. The van der Waals surface area contributed by atoms with E-state index < -0.39 is 25.0 Å². The minimum absolute atomic E-state index is 0.425. The van der Waals surface area contributed by atoms with Crippen LogP contribution < -0.4 is 5.32 Å². The van der Waals surface area contributed by atoms with Gasteiger partial charge in [-0.15, -0.1) is 0 Å². The molecule has 0 aliphatic heterocycles. The normalized spacial score (nSPS) is 13.6. The first-order valence-corrected chi connectivity index (χ1v) is 2.77. The number of hydrogen-bond donors (Lipinski definition) is 2. The second-order valence-corrected chi connectivity index (χ2v) is 1.90. The Morgan fingerprint density at radius 1 is 1.70 bits per heavy atom. The summed E-state index contributed by atoms with van der Waals surface area (Å²) in [6, 6.07) is -1.06. The average molecular weight is 153 g/mol. The van der Waals surface area contributed by atoms with Gasteiger partial charge in [0.25, 0.3) is 6.43 Å². The maximum atomic E-state index is 11.6. The van der Waals surface area contributed by atoms with E-state index in [2.05, 4.69) is 5.32 Å². The first kappa shape index (κ1) is 9.29. The molecule has 0 aromatic carbocycles. The van der Waals surface area contributed by atoms with Gasteiger partial charge >= 0.3 is 5.97 Å². The molecule has 0 bridgehead atoms. The zero-order valence-corrected chi connectivity index (χ0v) is 5.47. The highest BCUT2D eigenvalue weighted by Crippen LogP contribution is 1.97. The first-order valence-electron chi connectivity index (χ1n) is 2.77. The first-order chi connectivity index (χ1) is 4.54. The standard InChI is InChI=1S/C5H9F2NO2/c1-3(5(6)7)8-2-4(9)10/h3,5,8H,2H2,1H3,(H,9,10). The summed E-state index contributed by atoms with van der Waals surface area (Å²) in [5.74, 6) is -1.13. The fourth-order valence-electron chi connectivity index (χ4n) is 0.337. The molecule has 0 heterocycles. The van der Waals surface area contributed by atoms with Gasteiger partial charge in [0, 0.05) is 0 Å². The summed E-state index contributed by atoms with van der Waals surface area (Å²) >= 11 is 0. The van der Waals surface area contributed by atoms with Crippen molar-refractivity contribution in [3.63, 3.8) is 0 Å². The summed E-state index contributed by atoms with van der Waals surface area (Å²) in [4.78, 5) is 9.82. The average Bonchev–Trinajstić information content (AvgIpc) is 1.82. The van der Waals surface area contributed by atoms with Crippen molar-refractivity contribution in [2.24, 2.45) is 0 Å². The number of carboxylic acids is 1. The van der Waals surface area contributed by atoms with Crippen molar-refractivity contribution in [1.29, 1.82) is 0 Å². The maximum absolute atomic E-state index is 11.6. The molecular formula is C5H9F2NO2. The van der Waals surface area contributed by atoms with Crippen LogP contribution in [0, 0.1) is 0 Å². The van der Waals surface area contributed by atoms with Crippen LogP contribution in [0.1, 0.15) is 6.92 Å². The van der Waals surface area contributed by atoms with E-state index in [1.54, 1.807) is 0 Å². The van der Waals surface area contributed by atoms with Gasteiger partial charge in [-0.1, -0.05) is 0 Å². The highest BCUT2D eigenvalue weighted by molar-refractivity contribution is 5.69. The second-order valence-electron chi connectivity index (χ2n) is 1.90. The Balaban J connectivity index is 3.39. The highest BCUT2D eigenvalue weighted by atomic mass is 19.3. The van der Waals surface area contributed by atoms with Gasteiger partial charge in [-0.25, -0.2) is 8.78 Å². The van der Waals surface area contributed by atoms with E-state index >= 15 is 0 Å². The van der Waals surface area contributed by atoms with Crippen LogP contribution in [0.15, 0.2) is 0 Å². The molecule has 0 aromatic rings. The molecule has 1 unspecified atom stereocenters. The zero-order chi connectivity index (χ0) is 8.15. The summed E-state index contributed by atoms with van der Waals surface area (Å²) in [6.45, 7) is 0.805. The lowest BCUT2D eigenvalue weighted by molar-refractivity contribution is -0.136. The van der Waals surface area contributed by atoms with Crippen molar-refractivity contribution in [3.8, 4) is 0 Å². The van der Waals surface area contributed by atoms with E-state index in [4.69, 9.17) is 5.11 Å². The third-order valence-electron chi connectivity index (χ3n) is 0.953. The van der Waals surface area contributed by atoms with Gasteiger partial charge in [0.2, 0.25) is 0 Å². The third-order valence-corrected chi connectivity index (χ3v) is 0.953. The second kappa shape index (κ2) is 4.16. The van der Waals surface area contributed by atoms with Crippen molar-refractivity contribution in [2.45, 2.75) is 19.4 Å². The molecule has 0 aliphatic carbocycles. The lowest BCUT2D eigenvalue weighted by Crippen LogP contribution is -2.36. The van der Waals surface area contributed by atoms with Crippen molar-refractivity contribution < 1.29 is 18.7 Å². The molecule has 10 heavy (non-hydrogen) atoms. The molecule has 0 saturated carbocycles. The van der Waals surface area contributed by atoms with Gasteiger partial charge in [-0.2, -0.15) is 0 Å². The van der Waals surface area contributed by atoms with E-state index in [1.165, 1.54) is 6.92 Å². The number of carboxylic acid groups (broad SMARTS) is 1. The Morgan fingerprint density at radius 3 is 2.50 bits per heavy atom. The van der Waals surface area contributed by atoms with Crippen molar-refractivity contribution in [2.75, 3.05) is 6.54 Å². The van der Waals surface area contributed by atoms with Crippen LogP contribution in [-0.4, -0.2) is 30.1 Å². The van der Waals surface area contributed by atoms with E-state index in [1.807, 2.05) is 0 Å². The SMILES string of the molecule is CC(NCC(=O)O)C(F)F. The smallest absolute Gasteiger partial charge is 0.317 e. The minimum Gasteiger partial charge on any atom is -0.480 e. The summed E-state index contributed by atoms with van der Waals surface area (Å²) in [7, 11) is 0. The molecule has 2 N–H and O–H groups in total. The monoisotopic (exact) mass is 153 g/mol. The van der Waals surface area contributed by atoms with E-state index in [9.17, 15) is 13.6 Å². The van der Waals surface area contributed by atoms with Crippen LogP contribution in [0.25, 0.3) is 0 Å². The summed E-state index contributed by atoms with van der Waals surface area (Å²) in [5.41, 5.74) is 0. The van der Waals surface area contributed by atoms with Crippen LogP contribution in [0.4, 0.5) is 8.78 Å². The molecule has 1 atom stereocenters. The third kappa shape index (κ3) is 4.20. The predicted octanol–water partition coefficient (Wildman–Crippen LogP) is 0.314. The molecule has 0 amide bonds. The zero-order valence-electron chi connectivity index (χ0n) is 5.47. The van der Waals surface area contributed by atoms with Crippen LogP contribution in [0.5, 0.6) is 0 Å². The number of halogens is 2. The maximum Gasteiger partial charge on any atom is 0.317 e. The predicted molar refractivity (Wildman–Crippen MR) is 31.1 cm³/mol. The van der Waals surface area contributed by atoms with Crippen molar-refractivity contribution in [3.05, 3.63) is 0 Å². The molecule has 0 saturated heterocycles. The molecular weight excluding hydrogens is 144 g/mol. The fourth-order valence-corrected chi connectivity index (χ4v) is 0.337. The number of alkyl halides is 2. The number of carbonyl (C=O) groups is 1. The minimum atomic E-state index is -2.51. The summed E-state index contributed by atoms with van der Waals surface area (Å²) in [5, 5.41) is 10.2. The number of nitrogens with one attached hydrogen (secondary N) is 1. The Hall–Kier alpha value is -0.710. The molecule has 0 fully saturated rings. The lowest BCUT2D eigenvalue weighted by Gasteiger charge is -2.09. The lowest BCUT2D eigenvalue weighted by atomic mass is 10.3. The molecule has 0 aromatic heterocycles. The molecule has 0 radical (unpaired) electrons. The molecule has 60 valence electrons. The Bertz CT molecular complexity index is 118. The van der Waals surface area contributed by atoms with Gasteiger partial charge in [-0.3, -0.25) is 10.1 Å². The Labute approximate surface area is 57.0 Å². The summed E-state index contributed by atoms with van der Waals surface area (Å²) in [6.07, 6.45) is -2.51. The number of rotatable bonds is 4. The van der Waals surface area contributed by atoms with Crippen LogP contribution in [0.2, 0.25) is 0 Å². The summed E-state index contributed by atoms with van der Waals surface area (Å²) < 4.78 is 23.2. The van der Waals surface area contributed by atoms with Gasteiger partial charge < -0.3 is 5.11 Å². The number of hydrogen-bond acceptors (Lipinski definition) is 2.